The molecule has 0 aliphatic carbocycles. The summed E-state index contributed by atoms with van der Waals surface area (Å²) in [5, 5.41) is 0. The Balaban J connectivity index is 1.46. The lowest BCUT2D eigenvalue weighted by Gasteiger charge is -2.14. The Morgan fingerprint density at radius 1 is 0.906 bits per heavy atom. The zero-order chi connectivity index (χ0) is 22.9. The fourth-order valence-corrected chi connectivity index (χ4v) is 3.43. The summed E-state index contributed by atoms with van der Waals surface area (Å²) in [6.07, 6.45) is 2.70. The van der Waals surface area contributed by atoms with Crippen molar-refractivity contribution in [1.82, 2.24) is 4.90 Å². The molecule has 2 amide bonds. The number of hydrogen-bond donors (Lipinski definition) is 0. The third-order valence-corrected chi connectivity index (χ3v) is 5.14. The zero-order valence-electron chi connectivity index (χ0n) is 18.6. The summed E-state index contributed by atoms with van der Waals surface area (Å²) >= 11 is 0. The van der Waals surface area contributed by atoms with Crippen molar-refractivity contribution in [3.8, 4) is 11.5 Å². The predicted octanol–water partition coefficient (Wildman–Crippen LogP) is 4.04. The summed E-state index contributed by atoms with van der Waals surface area (Å²) in [7, 11) is 0. The van der Waals surface area contributed by atoms with Gasteiger partial charge in [0.2, 0.25) is 0 Å². The van der Waals surface area contributed by atoms with E-state index in [1.807, 2.05) is 25.1 Å². The van der Waals surface area contributed by atoms with Crippen LogP contribution in [-0.2, 0) is 16.0 Å². The van der Waals surface area contributed by atoms with Gasteiger partial charge in [0.15, 0.2) is 11.5 Å². The first-order chi connectivity index (χ1) is 15.5. The molecule has 0 spiro atoms. The Bertz CT molecular complexity index is 936. The van der Waals surface area contributed by atoms with Gasteiger partial charge in [0.1, 0.15) is 6.61 Å². The van der Waals surface area contributed by atoms with Crippen LogP contribution in [0.1, 0.15) is 59.4 Å². The summed E-state index contributed by atoms with van der Waals surface area (Å²) in [4.78, 5) is 37.9. The van der Waals surface area contributed by atoms with Gasteiger partial charge in [-0.1, -0.05) is 31.5 Å². The number of carbonyl (C=O) groups excluding carboxylic acids is 3. The number of rotatable bonds is 12. The van der Waals surface area contributed by atoms with Gasteiger partial charge < -0.3 is 14.2 Å². The van der Waals surface area contributed by atoms with Crippen molar-refractivity contribution in [2.75, 3.05) is 26.4 Å². The minimum atomic E-state index is -0.386. The van der Waals surface area contributed by atoms with E-state index in [1.54, 1.807) is 24.3 Å². The van der Waals surface area contributed by atoms with Crippen LogP contribution in [0, 0.1) is 0 Å². The molecule has 0 saturated heterocycles. The highest BCUT2D eigenvalue weighted by Crippen LogP contribution is 2.29. The smallest absolute Gasteiger partial charge is 0.306 e. The second-order valence-electron chi connectivity index (χ2n) is 7.44. The van der Waals surface area contributed by atoms with Crippen molar-refractivity contribution in [2.24, 2.45) is 0 Å². The number of carbonyl (C=O) groups is 3. The molecular formula is C25H29NO6. The maximum atomic E-state index is 12.3. The van der Waals surface area contributed by atoms with E-state index in [0.29, 0.717) is 42.3 Å². The standard InChI is InChI=1S/C25H29NO6/c1-3-5-15-31-21-12-10-18(17-22(21)30-4-2)11-13-23(27)32-16-14-26-24(28)19-8-6-7-9-20(19)25(26)29/h6-10,12,17H,3-5,11,13-16H2,1-2H3. The SMILES string of the molecule is CCCCOc1ccc(CCC(=O)OCCN2C(=O)c3ccccc3C2=O)cc1OCC. The molecule has 1 aliphatic heterocycles. The van der Waals surface area contributed by atoms with Crippen LogP contribution in [0.15, 0.2) is 42.5 Å². The van der Waals surface area contributed by atoms with Gasteiger partial charge >= 0.3 is 5.97 Å². The van der Waals surface area contributed by atoms with Gasteiger partial charge in [0.25, 0.3) is 11.8 Å². The van der Waals surface area contributed by atoms with E-state index in [-0.39, 0.29) is 37.4 Å². The van der Waals surface area contributed by atoms with E-state index in [0.717, 1.165) is 23.3 Å². The number of fused-ring (bicyclic) bond motifs is 1. The lowest BCUT2D eigenvalue weighted by atomic mass is 10.1. The molecule has 0 fully saturated rings. The van der Waals surface area contributed by atoms with E-state index < -0.39 is 0 Å². The van der Waals surface area contributed by atoms with Gasteiger partial charge in [-0.3, -0.25) is 19.3 Å². The zero-order valence-corrected chi connectivity index (χ0v) is 18.6. The van der Waals surface area contributed by atoms with Crippen molar-refractivity contribution in [3.05, 3.63) is 59.2 Å². The van der Waals surface area contributed by atoms with Crippen molar-refractivity contribution in [1.29, 1.82) is 0 Å². The van der Waals surface area contributed by atoms with Gasteiger partial charge in [-0.05, 0) is 49.6 Å². The Morgan fingerprint density at radius 3 is 2.28 bits per heavy atom. The molecule has 0 saturated carbocycles. The molecule has 7 heteroatoms. The average molecular weight is 440 g/mol. The molecule has 2 aromatic rings. The van der Waals surface area contributed by atoms with Crippen LogP contribution < -0.4 is 9.47 Å². The molecule has 2 aromatic carbocycles. The van der Waals surface area contributed by atoms with Gasteiger partial charge in [-0.15, -0.1) is 0 Å². The van der Waals surface area contributed by atoms with Crippen LogP contribution >= 0.6 is 0 Å². The van der Waals surface area contributed by atoms with Gasteiger partial charge in [0, 0.05) is 6.42 Å². The van der Waals surface area contributed by atoms with Gasteiger partial charge in [-0.25, -0.2) is 0 Å². The molecule has 170 valence electrons. The van der Waals surface area contributed by atoms with Crippen LogP contribution in [0.25, 0.3) is 0 Å². The van der Waals surface area contributed by atoms with E-state index in [2.05, 4.69) is 6.92 Å². The number of imide groups is 1. The van der Waals surface area contributed by atoms with Gasteiger partial charge in [-0.2, -0.15) is 0 Å². The van der Waals surface area contributed by atoms with Crippen LogP contribution in [0.3, 0.4) is 0 Å². The van der Waals surface area contributed by atoms with E-state index in [9.17, 15) is 14.4 Å². The molecule has 1 heterocycles. The first kappa shape index (κ1) is 23.3. The highest BCUT2D eigenvalue weighted by atomic mass is 16.5. The molecule has 0 atom stereocenters. The minimum absolute atomic E-state index is 0.0291. The number of unbranched alkanes of at least 4 members (excludes halogenated alkanes) is 1. The molecule has 0 radical (unpaired) electrons. The maximum absolute atomic E-state index is 12.3. The second-order valence-corrected chi connectivity index (χ2v) is 7.44. The summed E-state index contributed by atoms with van der Waals surface area (Å²) < 4.78 is 16.7. The lowest BCUT2D eigenvalue weighted by Crippen LogP contribution is -2.33. The quantitative estimate of drug-likeness (QED) is 0.282. The molecule has 0 N–H and O–H groups in total. The Kier molecular flexibility index (Phi) is 8.25. The first-order valence-corrected chi connectivity index (χ1v) is 11.0. The minimum Gasteiger partial charge on any atom is -0.490 e. The summed E-state index contributed by atoms with van der Waals surface area (Å²) in [5.74, 6) is 0.271. The molecule has 0 bridgehead atoms. The third-order valence-electron chi connectivity index (χ3n) is 5.14. The highest BCUT2D eigenvalue weighted by molar-refractivity contribution is 6.21. The largest absolute Gasteiger partial charge is 0.490 e. The molecule has 1 aliphatic rings. The van der Waals surface area contributed by atoms with Crippen LogP contribution in [0.4, 0.5) is 0 Å². The average Bonchev–Trinajstić information content (AvgIpc) is 3.04. The van der Waals surface area contributed by atoms with E-state index in [1.165, 1.54) is 0 Å². The summed E-state index contributed by atoms with van der Waals surface area (Å²) in [5.41, 5.74) is 1.71. The predicted molar refractivity (Wildman–Crippen MR) is 119 cm³/mol. The summed E-state index contributed by atoms with van der Waals surface area (Å²) in [6.45, 7) is 5.18. The number of hydrogen-bond acceptors (Lipinski definition) is 6. The fourth-order valence-electron chi connectivity index (χ4n) is 3.43. The van der Waals surface area contributed by atoms with Crippen molar-refractivity contribution >= 4 is 17.8 Å². The highest BCUT2D eigenvalue weighted by Gasteiger charge is 2.34. The number of benzene rings is 2. The third kappa shape index (κ3) is 5.66. The first-order valence-electron chi connectivity index (χ1n) is 11.0. The van der Waals surface area contributed by atoms with Crippen LogP contribution in [0.2, 0.25) is 0 Å². The van der Waals surface area contributed by atoms with Crippen molar-refractivity contribution in [3.63, 3.8) is 0 Å². The van der Waals surface area contributed by atoms with Gasteiger partial charge in [0.05, 0.1) is 30.9 Å². The Morgan fingerprint density at radius 2 is 1.62 bits per heavy atom. The van der Waals surface area contributed by atoms with Crippen molar-refractivity contribution in [2.45, 2.75) is 39.5 Å². The molecule has 32 heavy (non-hydrogen) atoms. The number of nitrogens with zero attached hydrogens (tertiary/aromatic N) is 1. The van der Waals surface area contributed by atoms with Crippen LogP contribution in [0.5, 0.6) is 11.5 Å². The molecule has 0 unspecified atom stereocenters. The number of ether oxygens (including phenoxy) is 3. The van der Waals surface area contributed by atoms with Crippen molar-refractivity contribution < 1.29 is 28.6 Å². The molecule has 7 nitrogen and oxygen atoms in total. The monoisotopic (exact) mass is 439 g/mol. The van der Waals surface area contributed by atoms with Crippen LogP contribution in [-0.4, -0.2) is 49.0 Å². The molecular weight excluding hydrogens is 410 g/mol. The fraction of sp³-hybridized carbons (Fsp3) is 0.400. The second kappa shape index (κ2) is 11.3. The normalized spacial score (nSPS) is 12.6. The van der Waals surface area contributed by atoms with E-state index in [4.69, 9.17) is 14.2 Å². The summed E-state index contributed by atoms with van der Waals surface area (Å²) in [6, 6.07) is 12.3. The molecule has 0 aromatic heterocycles. The van der Waals surface area contributed by atoms with E-state index >= 15 is 0 Å². The number of amides is 2. The Labute approximate surface area is 188 Å². The maximum Gasteiger partial charge on any atom is 0.306 e. The Hall–Kier alpha value is -3.35. The molecule has 3 rings (SSSR count). The topological polar surface area (TPSA) is 82.1 Å². The number of esters is 1. The number of aryl methyl sites for hydroxylation is 1. The lowest BCUT2D eigenvalue weighted by molar-refractivity contribution is -0.143.